The Kier molecular flexibility index (Phi) is 2.81. The Balaban J connectivity index is 2.05. The molecule has 1 aliphatic carbocycles. The molecule has 1 saturated carbocycles. The number of hydrogen-bond acceptors (Lipinski definition) is 4. The predicted octanol–water partition coefficient (Wildman–Crippen LogP) is 2.75. The molecule has 1 aromatic heterocycles. The summed E-state index contributed by atoms with van der Waals surface area (Å²) >= 11 is 0. The highest BCUT2D eigenvalue weighted by Crippen LogP contribution is 2.40. The molecule has 0 saturated heterocycles. The number of aromatic nitrogens is 2. The van der Waals surface area contributed by atoms with Crippen molar-refractivity contribution in [3.63, 3.8) is 0 Å². The fourth-order valence-corrected chi connectivity index (χ4v) is 2.00. The lowest BCUT2D eigenvalue weighted by molar-refractivity contribution is 0.387. The highest BCUT2D eigenvalue weighted by Gasteiger charge is 2.26. The quantitative estimate of drug-likeness (QED) is 0.920. The summed E-state index contributed by atoms with van der Waals surface area (Å²) < 4.78 is 18.4. The second-order valence-corrected chi connectivity index (χ2v) is 4.66. The third-order valence-corrected chi connectivity index (χ3v) is 3.17. The van der Waals surface area contributed by atoms with E-state index in [9.17, 15) is 4.39 Å². The average molecular weight is 259 g/mol. The molecular weight excluding hydrogens is 245 g/mol. The van der Waals surface area contributed by atoms with Crippen LogP contribution in [0.25, 0.3) is 11.4 Å². The number of nitrogens with two attached hydrogens (primary N) is 1. The van der Waals surface area contributed by atoms with Crippen molar-refractivity contribution in [1.29, 1.82) is 0 Å². The van der Waals surface area contributed by atoms with E-state index in [2.05, 4.69) is 9.97 Å². The minimum atomic E-state index is -0.405. The number of nitrogens with zero attached hydrogens (tertiary/aromatic N) is 2. The van der Waals surface area contributed by atoms with E-state index in [1.165, 1.54) is 13.2 Å². The lowest BCUT2D eigenvalue weighted by Gasteiger charge is -2.07. The maximum atomic E-state index is 13.4. The van der Waals surface area contributed by atoms with Gasteiger partial charge in [0, 0.05) is 23.2 Å². The minimum Gasteiger partial charge on any atom is -0.494 e. The molecule has 0 bridgehead atoms. The van der Waals surface area contributed by atoms with E-state index in [4.69, 9.17) is 10.5 Å². The number of halogens is 1. The summed E-state index contributed by atoms with van der Waals surface area (Å²) in [5.41, 5.74) is 7.47. The number of rotatable bonds is 3. The summed E-state index contributed by atoms with van der Waals surface area (Å²) in [7, 11) is 1.43. The van der Waals surface area contributed by atoms with E-state index in [1.807, 2.05) is 6.07 Å². The van der Waals surface area contributed by atoms with Gasteiger partial charge in [-0.25, -0.2) is 14.4 Å². The van der Waals surface area contributed by atoms with Crippen LogP contribution >= 0.6 is 0 Å². The summed E-state index contributed by atoms with van der Waals surface area (Å²) in [5.74, 6) is 1.22. The Hall–Kier alpha value is -2.17. The molecule has 0 radical (unpaired) electrons. The van der Waals surface area contributed by atoms with Gasteiger partial charge in [0.1, 0.15) is 5.82 Å². The van der Waals surface area contributed by atoms with Crippen LogP contribution in [0.15, 0.2) is 24.3 Å². The molecule has 19 heavy (non-hydrogen) atoms. The maximum Gasteiger partial charge on any atom is 0.165 e. The second-order valence-electron chi connectivity index (χ2n) is 4.66. The van der Waals surface area contributed by atoms with Crippen LogP contribution in [0.4, 0.5) is 10.2 Å². The van der Waals surface area contributed by atoms with Crippen LogP contribution in [0.2, 0.25) is 0 Å². The van der Waals surface area contributed by atoms with Gasteiger partial charge in [-0.2, -0.15) is 0 Å². The first-order chi connectivity index (χ1) is 9.17. The Morgan fingerprint density at radius 1 is 1.26 bits per heavy atom. The van der Waals surface area contributed by atoms with E-state index in [-0.39, 0.29) is 5.75 Å². The number of anilines is 1. The van der Waals surface area contributed by atoms with E-state index in [0.717, 1.165) is 18.5 Å². The fourth-order valence-electron chi connectivity index (χ4n) is 2.00. The zero-order valence-electron chi connectivity index (χ0n) is 10.6. The molecule has 0 spiro atoms. The first-order valence-corrected chi connectivity index (χ1v) is 6.16. The fraction of sp³-hybridized carbons (Fsp3) is 0.286. The number of nitrogen functional groups attached to an aromatic ring is 1. The Morgan fingerprint density at radius 2 is 2.05 bits per heavy atom. The van der Waals surface area contributed by atoms with Gasteiger partial charge in [0.05, 0.1) is 7.11 Å². The van der Waals surface area contributed by atoms with Gasteiger partial charge in [0.15, 0.2) is 17.4 Å². The van der Waals surface area contributed by atoms with Gasteiger partial charge < -0.3 is 10.5 Å². The van der Waals surface area contributed by atoms with Crippen molar-refractivity contribution in [1.82, 2.24) is 9.97 Å². The van der Waals surface area contributed by atoms with E-state index in [0.29, 0.717) is 23.1 Å². The number of benzene rings is 1. The zero-order valence-corrected chi connectivity index (χ0v) is 10.6. The van der Waals surface area contributed by atoms with Crippen molar-refractivity contribution in [2.24, 2.45) is 0 Å². The van der Waals surface area contributed by atoms with E-state index < -0.39 is 5.82 Å². The third kappa shape index (κ3) is 2.36. The summed E-state index contributed by atoms with van der Waals surface area (Å²) in [4.78, 5) is 8.71. The molecule has 2 aromatic rings. The van der Waals surface area contributed by atoms with Crippen molar-refractivity contribution in [3.05, 3.63) is 35.8 Å². The van der Waals surface area contributed by atoms with Crippen LogP contribution in [0.3, 0.4) is 0 Å². The Morgan fingerprint density at radius 3 is 2.74 bits per heavy atom. The smallest absolute Gasteiger partial charge is 0.165 e. The highest BCUT2D eigenvalue weighted by atomic mass is 19.1. The SMILES string of the molecule is COc1cc(-c2nc(N)cc(C3CC3)n2)ccc1F. The van der Waals surface area contributed by atoms with Crippen LogP contribution in [-0.4, -0.2) is 17.1 Å². The monoisotopic (exact) mass is 259 g/mol. The van der Waals surface area contributed by atoms with Gasteiger partial charge in [-0.3, -0.25) is 0 Å². The first kappa shape index (κ1) is 11.9. The molecular formula is C14H14FN3O. The molecule has 1 aromatic carbocycles. The summed E-state index contributed by atoms with van der Waals surface area (Å²) in [5, 5.41) is 0. The lowest BCUT2D eigenvalue weighted by Crippen LogP contribution is -2.00. The maximum absolute atomic E-state index is 13.4. The van der Waals surface area contributed by atoms with Gasteiger partial charge in [0.25, 0.3) is 0 Å². The predicted molar refractivity (Wildman–Crippen MR) is 70.4 cm³/mol. The van der Waals surface area contributed by atoms with Gasteiger partial charge in [-0.1, -0.05) is 0 Å². The second kappa shape index (κ2) is 4.50. The van der Waals surface area contributed by atoms with Gasteiger partial charge >= 0.3 is 0 Å². The summed E-state index contributed by atoms with van der Waals surface area (Å²) in [6.45, 7) is 0. The standard InChI is InChI=1S/C14H14FN3O/c1-19-12-6-9(4-5-10(12)15)14-17-11(8-2-3-8)7-13(16)18-14/h4-8H,2-3H2,1H3,(H2,16,17,18). The molecule has 5 heteroatoms. The molecule has 0 unspecified atom stereocenters. The number of ether oxygens (including phenoxy) is 1. The molecule has 0 aliphatic heterocycles. The topological polar surface area (TPSA) is 61.0 Å². The summed E-state index contributed by atoms with van der Waals surface area (Å²) in [6.07, 6.45) is 2.28. The first-order valence-electron chi connectivity index (χ1n) is 6.16. The van der Waals surface area contributed by atoms with Crippen LogP contribution < -0.4 is 10.5 Å². The Labute approximate surface area is 110 Å². The normalized spacial score (nSPS) is 14.4. The zero-order chi connectivity index (χ0) is 13.4. The third-order valence-electron chi connectivity index (χ3n) is 3.17. The molecule has 1 heterocycles. The molecule has 0 atom stereocenters. The largest absolute Gasteiger partial charge is 0.494 e. The van der Waals surface area contributed by atoms with Crippen molar-refractivity contribution in [2.75, 3.05) is 12.8 Å². The van der Waals surface area contributed by atoms with E-state index in [1.54, 1.807) is 12.1 Å². The lowest BCUT2D eigenvalue weighted by atomic mass is 10.1. The average Bonchev–Trinajstić information content (AvgIpc) is 3.23. The number of methoxy groups -OCH3 is 1. The molecule has 0 amide bonds. The van der Waals surface area contributed by atoms with E-state index >= 15 is 0 Å². The highest BCUT2D eigenvalue weighted by molar-refractivity contribution is 5.59. The van der Waals surface area contributed by atoms with Crippen molar-refractivity contribution in [2.45, 2.75) is 18.8 Å². The van der Waals surface area contributed by atoms with Gasteiger partial charge in [-0.15, -0.1) is 0 Å². The van der Waals surface area contributed by atoms with Crippen LogP contribution in [-0.2, 0) is 0 Å². The molecule has 3 rings (SSSR count). The molecule has 98 valence electrons. The summed E-state index contributed by atoms with van der Waals surface area (Å²) in [6, 6.07) is 6.36. The van der Waals surface area contributed by atoms with Crippen molar-refractivity contribution in [3.8, 4) is 17.1 Å². The minimum absolute atomic E-state index is 0.177. The van der Waals surface area contributed by atoms with Gasteiger partial charge in [0.2, 0.25) is 0 Å². The molecule has 4 nitrogen and oxygen atoms in total. The van der Waals surface area contributed by atoms with Crippen LogP contribution in [0.1, 0.15) is 24.5 Å². The van der Waals surface area contributed by atoms with Crippen LogP contribution in [0.5, 0.6) is 5.75 Å². The van der Waals surface area contributed by atoms with Gasteiger partial charge in [-0.05, 0) is 31.0 Å². The molecule has 2 N–H and O–H groups in total. The Bertz CT molecular complexity index is 626. The molecule has 1 aliphatic rings. The van der Waals surface area contributed by atoms with Crippen molar-refractivity contribution < 1.29 is 9.13 Å². The van der Waals surface area contributed by atoms with Crippen molar-refractivity contribution >= 4 is 5.82 Å². The molecule has 1 fully saturated rings. The van der Waals surface area contributed by atoms with Crippen LogP contribution in [0, 0.1) is 5.82 Å². The number of hydrogen-bond donors (Lipinski definition) is 1.